The number of rotatable bonds is 6. The smallest absolute Gasteiger partial charge is 0.321 e. The Bertz CT molecular complexity index is 905. The van der Waals surface area contributed by atoms with Crippen LogP contribution in [0, 0.1) is 0 Å². The van der Waals surface area contributed by atoms with E-state index < -0.39 is 0 Å². The van der Waals surface area contributed by atoms with Crippen LogP contribution >= 0.6 is 0 Å². The average Bonchev–Trinajstić information content (AvgIpc) is 3.18. The summed E-state index contributed by atoms with van der Waals surface area (Å²) in [6.07, 6.45) is 3.50. The molecule has 7 heteroatoms. The average molecular weight is 365 g/mol. The lowest BCUT2D eigenvalue weighted by Gasteiger charge is -2.18. The molecule has 0 unspecified atom stereocenters. The number of aromatic nitrogens is 3. The van der Waals surface area contributed by atoms with E-state index in [1.807, 2.05) is 49.5 Å². The Morgan fingerprint density at radius 2 is 2.04 bits per heavy atom. The van der Waals surface area contributed by atoms with Crippen LogP contribution in [-0.2, 0) is 19.4 Å². The van der Waals surface area contributed by atoms with Crippen LogP contribution in [0.1, 0.15) is 30.9 Å². The Morgan fingerprint density at radius 3 is 2.70 bits per heavy atom. The molecule has 0 aliphatic carbocycles. The molecule has 27 heavy (non-hydrogen) atoms. The molecule has 0 saturated carbocycles. The van der Waals surface area contributed by atoms with Gasteiger partial charge in [-0.1, -0.05) is 31.1 Å². The molecule has 0 atom stereocenters. The molecule has 0 aliphatic heterocycles. The van der Waals surface area contributed by atoms with Crippen molar-refractivity contribution in [3.05, 3.63) is 59.7 Å². The zero-order valence-electron chi connectivity index (χ0n) is 15.8. The van der Waals surface area contributed by atoms with Crippen molar-refractivity contribution in [3.63, 3.8) is 0 Å². The summed E-state index contributed by atoms with van der Waals surface area (Å²) >= 11 is 0. The minimum atomic E-state index is -0.215. The molecular weight excluding hydrogens is 342 g/mol. The first-order valence-electron chi connectivity index (χ1n) is 8.98. The number of aryl methyl sites for hydroxylation is 2. The summed E-state index contributed by atoms with van der Waals surface area (Å²) in [5, 5.41) is 6.79. The molecule has 0 bridgehead atoms. The summed E-state index contributed by atoms with van der Waals surface area (Å²) < 4.78 is 5.25. The highest BCUT2D eigenvalue weighted by Gasteiger charge is 2.12. The van der Waals surface area contributed by atoms with Crippen LogP contribution in [0.5, 0.6) is 0 Å². The van der Waals surface area contributed by atoms with Crippen molar-refractivity contribution in [1.82, 2.24) is 20.0 Å². The second kappa shape index (κ2) is 8.44. The van der Waals surface area contributed by atoms with Gasteiger partial charge in [-0.3, -0.25) is 4.98 Å². The summed E-state index contributed by atoms with van der Waals surface area (Å²) in [7, 11) is 1.74. The van der Waals surface area contributed by atoms with E-state index in [2.05, 4.69) is 27.4 Å². The van der Waals surface area contributed by atoms with Crippen LogP contribution in [0.3, 0.4) is 0 Å². The van der Waals surface area contributed by atoms with E-state index in [1.54, 1.807) is 11.9 Å². The fourth-order valence-electron chi connectivity index (χ4n) is 2.54. The Kier molecular flexibility index (Phi) is 5.80. The maximum atomic E-state index is 12.5. The number of nitrogens with zero attached hydrogens (tertiary/aromatic N) is 4. The Morgan fingerprint density at radius 1 is 1.19 bits per heavy atom. The maximum absolute atomic E-state index is 12.5. The third-order valence-corrected chi connectivity index (χ3v) is 4.19. The molecule has 7 nitrogen and oxygen atoms in total. The van der Waals surface area contributed by atoms with Gasteiger partial charge in [-0.15, -0.1) is 0 Å². The normalized spacial score (nSPS) is 10.6. The van der Waals surface area contributed by atoms with Gasteiger partial charge in [0, 0.05) is 30.9 Å². The first-order chi connectivity index (χ1) is 13.1. The predicted octanol–water partition coefficient (Wildman–Crippen LogP) is 3.92. The lowest BCUT2D eigenvalue weighted by molar-refractivity contribution is 0.220. The Labute approximate surface area is 158 Å². The molecule has 2 heterocycles. The van der Waals surface area contributed by atoms with Crippen LogP contribution in [0.4, 0.5) is 10.5 Å². The fourth-order valence-corrected chi connectivity index (χ4v) is 2.54. The van der Waals surface area contributed by atoms with Crippen LogP contribution in [-0.4, -0.2) is 33.1 Å². The van der Waals surface area contributed by atoms with Crippen LogP contribution < -0.4 is 5.32 Å². The number of amides is 2. The lowest BCUT2D eigenvalue weighted by Crippen LogP contribution is -2.31. The van der Waals surface area contributed by atoms with Gasteiger partial charge in [0.2, 0.25) is 0 Å². The maximum Gasteiger partial charge on any atom is 0.321 e. The summed E-state index contributed by atoms with van der Waals surface area (Å²) in [4.78, 5) is 22.8. The monoisotopic (exact) mass is 365 g/mol. The molecule has 1 N–H and O–H groups in total. The van der Waals surface area contributed by atoms with Crippen molar-refractivity contribution in [2.75, 3.05) is 12.4 Å². The van der Waals surface area contributed by atoms with E-state index in [9.17, 15) is 4.79 Å². The van der Waals surface area contributed by atoms with Gasteiger partial charge in [-0.05, 0) is 36.2 Å². The van der Waals surface area contributed by atoms with Crippen LogP contribution in [0.25, 0.3) is 11.5 Å². The van der Waals surface area contributed by atoms with Crippen LogP contribution in [0.2, 0.25) is 0 Å². The van der Waals surface area contributed by atoms with E-state index in [1.165, 1.54) is 5.56 Å². The largest absolute Gasteiger partial charge is 0.334 e. The molecule has 2 aromatic heterocycles. The van der Waals surface area contributed by atoms with Crippen molar-refractivity contribution in [2.24, 2.45) is 0 Å². The molecule has 3 rings (SSSR count). The number of carbonyl (C=O) groups excluding carboxylic acids is 1. The topological polar surface area (TPSA) is 84.2 Å². The summed E-state index contributed by atoms with van der Waals surface area (Å²) in [5.74, 6) is 1.09. The van der Waals surface area contributed by atoms with Crippen molar-refractivity contribution < 1.29 is 9.32 Å². The highest BCUT2D eigenvalue weighted by molar-refractivity contribution is 5.89. The van der Waals surface area contributed by atoms with E-state index in [0.717, 1.165) is 17.7 Å². The Balaban J connectivity index is 1.65. The van der Waals surface area contributed by atoms with Gasteiger partial charge in [-0.2, -0.15) is 4.98 Å². The highest BCUT2D eigenvalue weighted by Crippen LogP contribution is 2.21. The van der Waals surface area contributed by atoms with Gasteiger partial charge in [0.15, 0.2) is 5.82 Å². The summed E-state index contributed by atoms with van der Waals surface area (Å²) in [6.45, 7) is 4.48. The molecular formula is C20H23N5O2. The molecule has 0 radical (unpaired) electrons. The van der Waals surface area contributed by atoms with Crippen molar-refractivity contribution >= 4 is 11.7 Å². The number of nitrogens with one attached hydrogen (secondary N) is 1. The third kappa shape index (κ3) is 4.69. The number of pyridine rings is 1. The number of benzene rings is 1. The molecule has 3 aromatic rings. The van der Waals surface area contributed by atoms with E-state index >= 15 is 0 Å². The zero-order valence-corrected chi connectivity index (χ0v) is 15.8. The molecule has 1 aromatic carbocycles. The van der Waals surface area contributed by atoms with Gasteiger partial charge >= 0.3 is 6.03 Å². The molecule has 0 aliphatic rings. The molecule has 0 spiro atoms. The van der Waals surface area contributed by atoms with Gasteiger partial charge in [0.05, 0.1) is 12.2 Å². The first kappa shape index (κ1) is 18.6. The van der Waals surface area contributed by atoms with E-state index in [0.29, 0.717) is 30.4 Å². The highest BCUT2D eigenvalue weighted by atomic mass is 16.5. The van der Waals surface area contributed by atoms with Gasteiger partial charge < -0.3 is 14.7 Å². The molecule has 0 saturated heterocycles. The second-order valence-electron chi connectivity index (χ2n) is 6.25. The number of hydrogen-bond donors (Lipinski definition) is 1. The lowest BCUT2D eigenvalue weighted by atomic mass is 10.2. The standard InChI is InChI=1S/C20H23N5O2/c1-4-14-9-10-17(21-12-14)13-25(3)20(26)22-16-8-6-7-15(11-16)19-23-18(5-2)24-27-19/h6-12H,4-5,13H2,1-3H3,(H,22,26). The van der Waals surface area contributed by atoms with E-state index in [4.69, 9.17) is 4.52 Å². The SMILES string of the molecule is CCc1ccc(CN(C)C(=O)Nc2cccc(-c3nc(CC)no3)c2)nc1. The van der Waals surface area contributed by atoms with Crippen molar-refractivity contribution in [2.45, 2.75) is 33.2 Å². The molecule has 140 valence electrons. The predicted molar refractivity (Wildman–Crippen MR) is 103 cm³/mol. The number of carbonyl (C=O) groups is 1. The fraction of sp³-hybridized carbons (Fsp3) is 0.300. The van der Waals surface area contributed by atoms with Gasteiger partial charge in [-0.25, -0.2) is 4.79 Å². The number of anilines is 1. The minimum absolute atomic E-state index is 0.215. The van der Waals surface area contributed by atoms with E-state index in [-0.39, 0.29) is 6.03 Å². The van der Waals surface area contributed by atoms with Crippen molar-refractivity contribution in [1.29, 1.82) is 0 Å². The summed E-state index contributed by atoms with van der Waals surface area (Å²) in [5.41, 5.74) is 3.45. The number of hydrogen-bond acceptors (Lipinski definition) is 5. The summed E-state index contributed by atoms with van der Waals surface area (Å²) in [6, 6.07) is 11.1. The second-order valence-corrected chi connectivity index (χ2v) is 6.25. The number of urea groups is 1. The Hall–Kier alpha value is -3.22. The van der Waals surface area contributed by atoms with Crippen molar-refractivity contribution in [3.8, 4) is 11.5 Å². The minimum Gasteiger partial charge on any atom is -0.334 e. The van der Waals surface area contributed by atoms with Gasteiger partial charge in [0.1, 0.15) is 0 Å². The third-order valence-electron chi connectivity index (χ3n) is 4.19. The zero-order chi connectivity index (χ0) is 19.2. The quantitative estimate of drug-likeness (QED) is 0.716. The van der Waals surface area contributed by atoms with Gasteiger partial charge in [0.25, 0.3) is 5.89 Å². The first-order valence-corrected chi connectivity index (χ1v) is 8.98. The molecule has 2 amide bonds. The molecule has 0 fully saturated rings. The van der Waals surface area contributed by atoms with Crippen LogP contribution in [0.15, 0.2) is 47.1 Å².